The predicted octanol–water partition coefficient (Wildman–Crippen LogP) is 1.47. The molecule has 1 aromatic rings. The van der Waals surface area contributed by atoms with Crippen LogP contribution in [0.2, 0.25) is 0 Å². The molecule has 1 N–H and O–H groups in total. The summed E-state index contributed by atoms with van der Waals surface area (Å²) in [6.45, 7) is 1.63. The summed E-state index contributed by atoms with van der Waals surface area (Å²) in [5, 5.41) is 8.55. The lowest BCUT2D eigenvalue weighted by atomic mass is 10.3. The van der Waals surface area contributed by atoms with E-state index in [0.29, 0.717) is 0 Å². The Labute approximate surface area is 84.7 Å². The highest BCUT2D eigenvalue weighted by atomic mass is 35.7. The van der Waals surface area contributed by atoms with Gasteiger partial charge in [0.2, 0.25) is 5.76 Å². The van der Waals surface area contributed by atoms with Crippen LogP contribution in [0.25, 0.3) is 0 Å². The summed E-state index contributed by atoms with van der Waals surface area (Å²) in [6, 6.07) is 0.906. The Morgan fingerprint density at radius 3 is 2.50 bits per heavy atom. The van der Waals surface area contributed by atoms with Crippen LogP contribution in [0.1, 0.15) is 23.2 Å². The quantitative estimate of drug-likeness (QED) is 0.806. The number of carboxylic acid groups (broad SMARTS) is 1. The normalized spacial score (nSPS) is 11.6. The van der Waals surface area contributed by atoms with E-state index in [9.17, 15) is 13.2 Å². The molecule has 0 unspecified atom stereocenters. The van der Waals surface area contributed by atoms with Crippen molar-refractivity contribution in [2.45, 2.75) is 18.2 Å². The third-order valence-corrected chi connectivity index (χ3v) is 2.93. The van der Waals surface area contributed by atoms with E-state index < -0.39 is 20.8 Å². The second kappa shape index (κ2) is 3.62. The van der Waals surface area contributed by atoms with Gasteiger partial charge in [-0.1, -0.05) is 6.92 Å². The Hall–Kier alpha value is -1.01. The number of hydrogen-bond acceptors (Lipinski definition) is 4. The fourth-order valence-electron chi connectivity index (χ4n) is 0.970. The minimum absolute atomic E-state index is 0.0531. The maximum atomic E-state index is 11.0. The first kappa shape index (κ1) is 11.1. The third-order valence-electron chi connectivity index (χ3n) is 1.56. The minimum atomic E-state index is -3.94. The Morgan fingerprint density at radius 1 is 1.64 bits per heavy atom. The molecular weight excluding hydrogens is 232 g/mol. The summed E-state index contributed by atoms with van der Waals surface area (Å²) in [5.74, 6) is -1.70. The van der Waals surface area contributed by atoms with Gasteiger partial charge in [0.05, 0.1) is 0 Å². The lowest BCUT2D eigenvalue weighted by Crippen LogP contribution is -1.93. The van der Waals surface area contributed by atoms with E-state index in [0.717, 1.165) is 6.07 Å². The molecule has 7 heteroatoms. The number of furan rings is 1. The Kier molecular flexibility index (Phi) is 2.86. The van der Waals surface area contributed by atoms with Crippen molar-refractivity contribution in [1.82, 2.24) is 0 Å². The maximum Gasteiger partial charge on any atom is 0.371 e. The second-order valence-corrected chi connectivity index (χ2v) is 5.03. The van der Waals surface area contributed by atoms with E-state index >= 15 is 0 Å². The summed E-state index contributed by atoms with van der Waals surface area (Å²) in [5.41, 5.74) is 0. The highest BCUT2D eigenvalue weighted by Crippen LogP contribution is 2.24. The van der Waals surface area contributed by atoms with Gasteiger partial charge < -0.3 is 9.52 Å². The molecule has 0 aliphatic rings. The van der Waals surface area contributed by atoms with Gasteiger partial charge >= 0.3 is 5.97 Å². The predicted molar refractivity (Wildman–Crippen MR) is 48.1 cm³/mol. The van der Waals surface area contributed by atoms with Crippen molar-refractivity contribution in [3.8, 4) is 0 Å². The molecule has 0 spiro atoms. The highest BCUT2D eigenvalue weighted by molar-refractivity contribution is 8.13. The SMILES string of the molecule is CCc1oc(C(=O)O)cc1S(=O)(=O)Cl. The van der Waals surface area contributed by atoms with Crippen LogP contribution in [0.5, 0.6) is 0 Å². The van der Waals surface area contributed by atoms with Crippen LogP contribution in [-0.4, -0.2) is 19.5 Å². The van der Waals surface area contributed by atoms with E-state index in [4.69, 9.17) is 20.2 Å². The van der Waals surface area contributed by atoms with Crippen molar-refractivity contribution in [2.24, 2.45) is 0 Å². The van der Waals surface area contributed by atoms with Crippen LogP contribution in [0.3, 0.4) is 0 Å². The van der Waals surface area contributed by atoms with Crippen molar-refractivity contribution >= 4 is 25.7 Å². The zero-order valence-electron chi connectivity index (χ0n) is 7.15. The summed E-state index contributed by atoms with van der Waals surface area (Å²) in [4.78, 5) is 10.2. The number of hydrogen-bond donors (Lipinski definition) is 1. The van der Waals surface area contributed by atoms with Crippen molar-refractivity contribution in [3.05, 3.63) is 17.6 Å². The largest absolute Gasteiger partial charge is 0.475 e. The van der Waals surface area contributed by atoms with E-state index in [2.05, 4.69) is 0 Å². The summed E-state index contributed by atoms with van der Waals surface area (Å²) < 4.78 is 26.7. The molecule has 14 heavy (non-hydrogen) atoms. The van der Waals surface area contributed by atoms with E-state index in [-0.39, 0.29) is 17.1 Å². The monoisotopic (exact) mass is 238 g/mol. The molecule has 0 bridgehead atoms. The van der Waals surface area contributed by atoms with Crippen molar-refractivity contribution < 1.29 is 22.7 Å². The molecule has 0 saturated heterocycles. The van der Waals surface area contributed by atoms with E-state index in [1.165, 1.54) is 0 Å². The summed E-state index contributed by atoms with van der Waals surface area (Å²) in [6.07, 6.45) is 0.258. The van der Waals surface area contributed by atoms with Crippen LogP contribution in [-0.2, 0) is 15.5 Å². The van der Waals surface area contributed by atoms with E-state index in [1.54, 1.807) is 6.92 Å². The molecule has 1 aromatic heterocycles. The molecule has 1 heterocycles. The molecule has 78 valence electrons. The zero-order chi connectivity index (χ0) is 10.9. The number of halogens is 1. The van der Waals surface area contributed by atoms with Crippen molar-refractivity contribution in [3.63, 3.8) is 0 Å². The molecular formula is C7H7ClO5S. The van der Waals surface area contributed by atoms with Crippen LogP contribution in [0.4, 0.5) is 0 Å². The molecule has 0 saturated carbocycles. The smallest absolute Gasteiger partial charge is 0.371 e. The molecule has 0 radical (unpaired) electrons. The van der Waals surface area contributed by atoms with Crippen LogP contribution >= 0.6 is 10.7 Å². The first-order valence-electron chi connectivity index (χ1n) is 3.67. The molecule has 0 aliphatic carbocycles. The standard InChI is InChI=1S/C7H7ClO5S/c1-2-4-6(14(8,11)12)3-5(13-4)7(9)10/h3H,2H2,1H3,(H,9,10). The molecule has 5 nitrogen and oxygen atoms in total. The molecule has 0 atom stereocenters. The van der Waals surface area contributed by atoms with Gasteiger partial charge in [-0.15, -0.1) is 0 Å². The Balaban J connectivity index is 3.37. The van der Waals surface area contributed by atoms with Gasteiger partial charge in [0.15, 0.2) is 0 Å². The van der Waals surface area contributed by atoms with Crippen LogP contribution in [0, 0.1) is 0 Å². The van der Waals surface area contributed by atoms with Gasteiger partial charge in [0, 0.05) is 23.2 Å². The van der Waals surface area contributed by atoms with Crippen molar-refractivity contribution in [2.75, 3.05) is 0 Å². The first-order chi connectivity index (χ1) is 6.36. The fourth-order valence-corrected chi connectivity index (χ4v) is 2.07. The minimum Gasteiger partial charge on any atom is -0.475 e. The molecule has 0 aliphatic heterocycles. The summed E-state index contributed by atoms with van der Waals surface area (Å²) >= 11 is 0. The number of carbonyl (C=O) groups is 1. The van der Waals surface area contributed by atoms with Gasteiger partial charge in [0.1, 0.15) is 10.7 Å². The maximum absolute atomic E-state index is 11.0. The average molecular weight is 239 g/mol. The van der Waals surface area contributed by atoms with Gasteiger partial charge in [-0.2, -0.15) is 0 Å². The van der Waals surface area contributed by atoms with E-state index in [1.807, 2.05) is 0 Å². The van der Waals surface area contributed by atoms with Gasteiger partial charge in [-0.05, 0) is 0 Å². The molecule has 1 rings (SSSR count). The number of carboxylic acids is 1. The number of aromatic carboxylic acids is 1. The fraction of sp³-hybridized carbons (Fsp3) is 0.286. The highest BCUT2D eigenvalue weighted by Gasteiger charge is 2.22. The second-order valence-electron chi connectivity index (χ2n) is 2.49. The topological polar surface area (TPSA) is 84.6 Å². The number of rotatable bonds is 3. The number of aryl methyl sites for hydroxylation is 1. The average Bonchev–Trinajstić information content (AvgIpc) is 2.46. The van der Waals surface area contributed by atoms with Gasteiger partial charge in [-0.3, -0.25) is 0 Å². The lowest BCUT2D eigenvalue weighted by Gasteiger charge is -1.92. The van der Waals surface area contributed by atoms with Crippen LogP contribution in [0.15, 0.2) is 15.4 Å². The van der Waals surface area contributed by atoms with Gasteiger partial charge in [-0.25, -0.2) is 13.2 Å². The molecule has 0 fully saturated rings. The first-order valence-corrected chi connectivity index (χ1v) is 5.98. The van der Waals surface area contributed by atoms with Crippen LogP contribution < -0.4 is 0 Å². The van der Waals surface area contributed by atoms with Gasteiger partial charge in [0.25, 0.3) is 9.05 Å². The third kappa shape index (κ3) is 2.08. The zero-order valence-corrected chi connectivity index (χ0v) is 8.72. The Morgan fingerprint density at radius 2 is 2.21 bits per heavy atom. The van der Waals surface area contributed by atoms with Crippen molar-refractivity contribution in [1.29, 1.82) is 0 Å². The molecule has 0 aromatic carbocycles. The Bertz CT molecular complexity index is 458. The summed E-state index contributed by atoms with van der Waals surface area (Å²) in [7, 11) is 1.14. The lowest BCUT2D eigenvalue weighted by molar-refractivity contribution is 0.0660. The molecule has 0 amide bonds.